The van der Waals surface area contributed by atoms with Gasteiger partial charge in [0.25, 0.3) is 0 Å². The molecule has 1 unspecified atom stereocenters. The molecule has 0 spiro atoms. The third kappa shape index (κ3) is 4.28. The number of rotatable bonds is 5. The van der Waals surface area contributed by atoms with Gasteiger partial charge in [-0.3, -0.25) is 9.63 Å². The fraction of sp³-hybridized carbons (Fsp3) is 0.600. The maximum atomic E-state index is 12.9. The van der Waals surface area contributed by atoms with Crippen LogP contribution in [0.25, 0.3) is 0 Å². The van der Waals surface area contributed by atoms with E-state index in [1.165, 1.54) is 7.11 Å². The van der Waals surface area contributed by atoms with Gasteiger partial charge in [0.15, 0.2) is 0 Å². The average molecular weight is 347 g/mol. The van der Waals surface area contributed by atoms with Crippen LogP contribution < -0.4 is 0 Å². The van der Waals surface area contributed by atoms with Gasteiger partial charge in [-0.05, 0) is 53.9 Å². The Kier molecular flexibility index (Phi) is 5.69. The highest BCUT2D eigenvalue weighted by atomic mass is 16.7. The number of ether oxygens (including phenoxy) is 1. The minimum Gasteiger partial charge on any atom is -0.467 e. The monoisotopic (exact) mass is 347 g/mol. The second-order valence-corrected chi connectivity index (χ2v) is 8.01. The van der Waals surface area contributed by atoms with E-state index in [1.807, 2.05) is 24.1 Å². The van der Waals surface area contributed by atoms with Crippen LogP contribution in [0.4, 0.5) is 0 Å². The third-order valence-corrected chi connectivity index (χ3v) is 4.88. The molecule has 0 N–H and O–H groups in total. The normalized spacial score (nSPS) is 20.7. The number of piperidine rings is 1. The number of nitrogens with zero attached hydrogens (tertiary/aromatic N) is 1. The van der Waals surface area contributed by atoms with E-state index in [0.717, 1.165) is 24.8 Å². The van der Waals surface area contributed by atoms with Gasteiger partial charge in [0.2, 0.25) is 11.9 Å². The van der Waals surface area contributed by atoms with Crippen molar-refractivity contribution in [3.63, 3.8) is 0 Å². The maximum absolute atomic E-state index is 12.9. The van der Waals surface area contributed by atoms with E-state index in [4.69, 9.17) is 9.57 Å². The first-order valence-corrected chi connectivity index (χ1v) is 8.74. The first-order chi connectivity index (χ1) is 11.6. The molecule has 0 amide bonds. The maximum Gasteiger partial charge on any atom is 0.345 e. The number of ketones is 1. The summed E-state index contributed by atoms with van der Waals surface area (Å²) >= 11 is 0. The van der Waals surface area contributed by atoms with Crippen molar-refractivity contribution < 1.29 is 19.2 Å². The van der Waals surface area contributed by atoms with Crippen molar-refractivity contribution in [1.29, 1.82) is 0 Å². The molecule has 1 aromatic rings. The number of methoxy groups -OCH3 is 1. The molecule has 0 aromatic heterocycles. The molecule has 1 atom stereocenters. The first-order valence-electron chi connectivity index (χ1n) is 8.74. The van der Waals surface area contributed by atoms with E-state index in [2.05, 4.69) is 27.7 Å². The van der Waals surface area contributed by atoms with Crippen LogP contribution in [-0.4, -0.2) is 41.1 Å². The minimum absolute atomic E-state index is 0.276. The number of hydrogen-bond donors (Lipinski definition) is 0. The molecule has 2 rings (SSSR count). The highest BCUT2D eigenvalue weighted by Gasteiger charge is 2.46. The molecule has 1 aromatic carbocycles. The zero-order chi connectivity index (χ0) is 18.8. The highest BCUT2D eigenvalue weighted by molar-refractivity contribution is 6.11. The molecule has 0 radical (unpaired) electrons. The summed E-state index contributed by atoms with van der Waals surface area (Å²) in [5.41, 5.74) is 0.933. The Labute approximate surface area is 150 Å². The summed E-state index contributed by atoms with van der Waals surface area (Å²) in [6.45, 7) is 10.2. The lowest BCUT2D eigenvalue weighted by Gasteiger charge is -2.51. The Morgan fingerprint density at radius 2 is 1.56 bits per heavy atom. The summed E-state index contributed by atoms with van der Waals surface area (Å²) in [7, 11) is 1.27. The smallest absolute Gasteiger partial charge is 0.345 e. The molecule has 1 aliphatic rings. The molecule has 0 saturated carbocycles. The quantitative estimate of drug-likeness (QED) is 0.462. The Hall–Kier alpha value is -1.72. The van der Waals surface area contributed by atoms with Crippen molar-refractivity contribution in [3.05, 3.63) is 35.4 Å². The van der Waals surface area contributed by atoms with E-state index >= 15 is 0 Å². The number of benzene rings is 1. The van der Waals surface area contributed by atoms with E-state index in [9.17, 15) is 9.59 Å². The van der Waals surface area contributed by atoms with Crippen LogP contribution in [-0.2, 0) is 14.4 Å². The standard InChI is InChI=1S/C20H29NO4/c1-14-8-10-15(11-9-14)16(22)17(18(23)24-6)25-21-19(2,3)12-7-13-20(21,4)5/h8-11,17H,7,12-13H2,1-6H3. The van der Waals surface area contributed by atoms with Crippen LogP contribution in [0.3, 0.4) is 0 Å². The molecule has 1 heterocycles. The molecule has 5 nitrogen and oxygen atoms in total. The molecular formula is C20H29NO4. The fourth-order valence-electron chi connectivity index (χ4n) is 3.54. The lowest BCUT2D eigenvalue weighted by Crippen LogP contribution is -2.60. The zero-order valence-corrected chi connectivity index (χ0v) is 16.1. The van der Waals surface area contributed by atoms with Crippen molar-refractivity contribution in [2.45, 2.75) is 71.1 Å². The van der Waals surface area contributed by atoms with Gasteiger partial charge in [0, 0.05) is 16.6 Å². The molecule has 138 valence electrons. The van der Waals surface area contributed by atoms with Crippen LogP contribution in [0.5, 0.6) is 0 Å². The number of hydroxylamine groups is 2. The Balaban J connectivity index is 2.32. The lowest BCUT2D eigenvalue weighted by atomic mass is 9.82. The van der Waals surface area contributed by atoms with Crippen molar-refractivity contribution in [2.24, 2.45) is 0 Å². The predicted octanol–water partition coefficient (Wildman–Crippen LogP) is 3.69. The molecule has 1 aliphatic heterocycles. The van der Waals surface area contributed by atoms with Gasteiger partial charge >= 0.3 is 5.97 Å². The fourth-order valence-corrected chi connectivity index (χ4v) is 3.54. The highest BCUT2D eigenvalue weighted by Crippen LogP contribution is 2.39. The molecular weight excluding hydrogens is 318 g/mol. The van der Waals surface area contributed by atoms with Gasteiger partial charge in [-0.1, -0.05) is 29.8 Å². The molecule has 1 saturated heterocycles. The van der Waals surface area contributed by atoms with E-state index in [-0.39, 0.29) is 16.9 Å². The second kappa shape index (κ2) is 7.26. The Morgan fingerprint density at radius 3 is 2.04 bits per heavy atom. The van der Waals surface area contributed by atoms with Gasteiger partial charge in [0.1, 0.15) is 0 Å². The summed E-state index contributed by atoms with van der Waals surface area (Å²) < 4.78 is 4.85. The van der Waals surface area contributed by atoms with Crippen LogP contribution >= 0.6 is 0 Å². The van der Waals surface area contributed by atoms with Gasteiger partial charge in [0.05, 0.1) is 7.11 Å². The van der Waals surface area contributed by atoms with Gasteiger partial charge in [-0.15, -0.1) is 0 Å². The second-order valence-electron chi connectivity index (χ2n) is 8.01. The van der Waals surface area contributed by atoms with Crippen LogP contribution in [0.15, 0.2) is 24.3 Å². The van der Waals surface area contributed by atoms with E-state index in [0.29, 0.717) is 5.56 Å². The van der Waals surface area contributed by atoms with E-state index < -0.39 is 12.1 Å². The topological polar surface area (TPSA) is 55.8 Å². The predicted molar refractivity (Wildman–Crippen MR) is 96.2 cm³/mol. The third-order valence-electron chi connectivity index (χ3n) is 4.88. The average Bonchev–Trinajstić information content (AvgIpc) is 2.53. The molecule has 0 bridgehead atoms. The van der Waals surface area contributed by atoms with Crippen molar-refractivity contribution in [1.82, 2.24) is 5.06 Å². The van der Waals surface area contributed by atoms with Crippen LogP contribution in [0.1, 0.15) is 62.9 Å². The van der Waals surface area contributed by atoms with Crippen LogP contribution in [0, 0.1) is 6.92 Å². The summed E-state index contributed by atoms with van der Waals surface area (Å²) in [5.74, 6) is -1.06. The Morgan fingerprint density at radius 1 is 1.04 bits per heavy atom. The number of aryl methyl sites for hydroxylation is 1. The minimum atomic E-state index is -1.30. The number of carbonyl (C=O) groups is 2. The molecule has 5 heteroatoms. The number of hydrogen-bond acceptors (Lipinski definition) is 5. The number of carbonyl (C=O) groups excluding carboxylic acids is 2. The number of Topliss-reactive ketones (excluding diaryl/α,β-unsaturated/α-hetero) is 1. The summed E-state index contributed by atoms with van der Waals surface area (Å²) in [4.78, 5) is 31.2. The van der Waals surface area contributed by atoms with Crippen molar-refractivity contribution >= 4 is 11.8 Å². The van der Waals surface area contributed by atoms with E-state index in [1.54, 1.807) is 12.1 Å². The van der Waals surface area contributed by atoms with Gasteiger partial charge < -0.3 is 4.74 Å². The number of esters is 1. The zero-order valence-electron chi connectivity index (χ0n) is 16.1. The van der Waals surface area contributed by atoms with Gasteiger partial charge in [-0.25, -0.2) is 4.79 Å². The first kappa shape index (κ1) is 19.6. The molecule has 0 aliphatic carbocycles. The largest absolute Gasteiger partial charge is 0.467 e. The van der Waals surface area contributed by atoms with Crippen LogP contribution in [0.2, 0.25) is 0 Å². The summed E-state index contributed by atoms with van der Waals surface area (Å²) in [6.07, 6.45) is 1.64. The molecule has 25 heavy (non-hydrogen) atoms. The SMILES string of the molecule is COC(=O)C(ON1C(C)(C)CCCC1(C)C)C(=O)c1ccc(C)cc1. The van der Waals surface area contributed by atoms with Crippen molar-refractivity contribution in [2.75, 3.05) is 7.11 Å². The lowest BCUT2D eigenvalue weighted by molar-refractivity contribution is -0.292. The summed E-state index contributed by atoms with van der Waals surface area (Å²) in [6, 6.07) is 7.11. The van der Waals surface area contributed by atoms with Gasteiger partial charge in [-0.2, -0.15) is 5.06 Å². The van der Waals surface area contributed by atoms with Crippen molar-refractivity contribution in [3.8, 4) is 0 Å². The Bertz CT molecular complexity index is 618. The molecule has 1 fully saturated rings. The summed E-state index contributed by atoms with van der Waals surface area (Å²) in [5, 5.41) is 1.82.